The quantitative estimate of drug-likeness (QED) is 0.765. The molecule has 4 heteroatoms. The van der Waals surface area contributed by atoms with Gasteiger partial charge in [-0.2, -0.15) is 0 Å². The van der Waals surface area contributed by atoms with E-state index >= 15 is 0 Å². The van der Waals surface area contributed by atoms with Gasteiger partial charge in [0.05, 0.1) is 18.4 Å². The van der Waals surface area contributed by atoms with E-state index < -0.39 is 0 Å². The highest BCUT2D eigenvalue weighted by Gasteiger charge is 2.12. The van der Waals surface area contributed by atoms with E-state index in [1.54, 1.807) is 12.5 Å². The highest BCUT2D eigenvalue weighted by atomic mass is 16.5. The maximum absolute atomic E-state index is 5.83. The van der Waals surface area contributed by atoms with Gasteiger partial charge in [-0.25, -0.2) is 9.97 Å². The van der Waals surface area contributed by atoms with E-state index in [9.17, 15) is 0 Å². The molecular formula is C13H21N3O. The zero-order valence-corrected chi connectivity index (χ0v) is 10.3. The minimum absolute atomic E-state index is 0.504. The predicted octanol–water partition coefficient (Wildman–Crippen LogP) is 1.92. The highest BCUT2D eigenvalue weighted by molar-refractivity contribution is 4.96. The minimum atomic E-state index is 0.504. The number of aromatic nitrogens is 2. The summed E-state index contributed by atoms with van der Waals surface area (Å²) < 4.78 is 5.83. The molecule has 1 saturated carbocycles. The Morgan fingerprint density at radius 3 is 2.94 bits per heavy atom. The molecule has 0 amide bonds. The molecule has 1 N–H and O–H groups in total. The lowest BCUT2D eigenvalue weighted by Gasteiger charge is -2.21. The molecule has 1 aliphatic rings. The Balaban J connectivity index is 1.51. The van der Waals surface area contributed by atoms with Gasteiger partial charge in [0.25, 0.3) is 0 Å². The summed E-state index contributed by atoms with van der Waals surface area (Å²) >= 11 is 0. The smallest absolute Gasteiger partial charge is 0.115 e. The van der Waals surface area contributed by atoms with Crippen LogP contribution in [0.1, 0.15) is 37.8 Å². The summed E-state index contributed by atoms with van der Waals surface area (Å²) in [4.78, 5) is 8.04. The summed E-state index contributed by atoms with van der Waals surface area (Å²) in [7, 11) is 0. The molecule has 0 spiro atoms. The topological polar surface area (TPSA) is 47.0 Å². The van der Waals surface area contributed by atoms with Crippen molar-refractivity contribution in [2.45, 2.75) is 44.8 Å². The van der Waals surface area contributed by atoms with Gasteiger partial charge in [-0.05, 0) is 18.9 Å². The average molecular weight is 235 g/mol. The summed E-state index contributed by atoms with van der Waals surface area (Å²) in [5, 5.41) is 3.33. The van der Waals surface area contributed by atoms with Gasteiger partial charge in [0, 0.05) is 19.3 Å². The van der Waals surface area contributed by atoms with Crippen LogP contribution in [-0.4, -0.2) is 29.2 Å². The van der Waals surface area contributed by atoms with Crippen LogP contribution in [0.2, 0.25) is 0 Å². The van der Waals surface area contributed by atoms with Gasteiger partial charge in [-0.15, -0.1) is 0 Å². The van der Waals surface area contributed by atoms with Crippen molar-refractivity contribution in [1.29, 1.82) is 0 Å². The van der Waals surface area contributed by atoms with Gasteiger partial charge in [0.1, 0.15) is 6.33 Å². The molecule has 0 unspecified atom stereocenters. The molecule has 1 heterocycles. The number of hydrogen-bond donors (Lipinski definition) is 1. The number of ether oxygens (including phenoxy) is 1. The monoisotopic (exact) mass is 235 g/mol. The molecule has 1 fully saturated rings. The summed E-state index contributed by atoms with van der Waals surface area (Å²) in [6, 6.07) is 1.93. The Labute approximate surface area is 103 Å². The molecule has 0 saturated heterocycles. The molecule has 1 aromatic heterocycles. The zero-order valence-electron chi connectivity index (χ0n) is 10.3. The third kappa shape index (κ3) is 4.79. The Kier molecular flexibility index (Phi) is 5.39. The molecule has 0 atom stereocenters. The van der Waals surface area contributed by atoms with Gasteiger partial charge in [0.15, 0.2) is 0 Å². The van der Waals surface area contributed by atoms with Gasteiger partial charge in [0.2, 0.25) is 0 Å². The van der Waals surface area contributed by atoms with Gasteiger partial charge in [-0.3, -0.25) is 0 Å². The number of nitrogens with one attached hydrogen (secondary N) is 1. The van der Waals surface area contributed by atoms with Crippen LogP contribution in [0.5, 0.6) is 0 Å². The van der Waals surface area contributed by atoms with E-state index in [2.05, 4.69) is 15.3 Å². The fourth-order valence-corrected chi connectivity index (χ4v) is 2.17. The van der Waals surface area contributed by atoms with Crippen LogP contribution >= 0.6 is 0 Å². The Morgan fingerprint density at radius 2 is 2.18 bits per heavy atom. The third-order valence-corrected chi connectivity index (χ3v) is 3.13. The van der Waals surface area contributed by atoms with E-state index in [4.69, 9.17) is 4.74 Å². The van der Waals surface area contributed by atoms with Gasteiger partial charge in [-0.1, -0.05) is 19.3 Å². The van der Waals surface area contributed by atoms with Crippen molar-refractivity contribution in [3.05, 3.63) is 24.3 Å². The molecule has 4 nitrogen and oxygen atoms in total. The van der Waals surface area contributed by atoms with Crippen LogP contribution in [-0.2, 0) is 11.3 Å². The summed E-state index contributed by atoms with van der Waals surface area (Å²) in [6.07, 6.45) is 10.4. The maximum atomic E-state index is 5.83. The van der Waals surface area contributed by atoms with Crippen LogP contribution < -0.4 is 5.32 Å². The first-order valence-electron chi connectivity index (χ1n) is 6.52. The van der Waals surface area contributed by atoms with E-state index in [0.29, 0.717) is 6.10 Å². The van der Waals surface area contributed by atoms with Crippen LogP contribution in [0.4, 0.5) is 0 Å². The van der Waals surface area contributed by atoms with Crippen molar-refractivity contribution in [2.24, 2.45) is 0 Å². The fourth-order valence-electron chi connectivity index (χ4n) is 2.17. The number of nitrogens with zero attached hydrogens (tertiary/aromatic N) is 2. The lowest BCUT2D eigenvalue weighted by Crippen LogP contribution is -2.24. The fraction of sp³-hybridized carbons (Fsp3) is 0.692. The molecule has 0 radical (unpaired) electrons. The molecule has 1 aromatic rings. The average Bonchev–Trinajstić information content (AvgIpc) is 2.41. The Bertz CT molecular complexity index is 299. The Morgan fingerprint density at radius 1 is 1.29 bits per heavy atom. The van der Waals surface area contributed by atoms with Crippen molar-refractivity contribution in [3.8, 4) is 0 Å². The predicted molar refractivity (Wildman–Crippen MR) is 66.6 cm³/mol. The largest absolute Gasteiger partial charge is 0.377 e. The first-order valence-corrected chi connectivity index (χ1v) is 6.52. The number of hydrogen-bond acceptors (Lipinski definition) is 4. The maximum Gasteiger partial charge on any atom is 0.115 e. The van der Waals surface area contributed by atoms with Crippen molar-refractivity contribution < 1.29 is 4.74 Å². The van der Waals surface area contributed by atoms with E-state index in [0.717, 1.165) is 25.4 Å². The lowest BCUT2D eigenvalue weighted by atomic mass is 9.98. The first-order chi connectivity index (χ1) is 8.45. The Hall–Kier alpha value is -1.00. The standard InChI is InChI=1S/C13H21N3O/c1-2-4-13(5-3-1)17-9-8-14-10-12-6-7-15-11-16-12/h6-7,11,13-14H,1-5,8-10H2. The lowest BCUT2D eigenvalue weighted by molar-refractivity contribution is 0.0302. The van der Waals surface area contributed by atoms with Crippen molar-refractivity contribution in [1.82, 2.24) is 15.3 Å². The molecule has 2 rings (SSSR count). The molecular weight excluding hydrogens is 214 g/mol. The number of rotatable bonds is 6. The van der Waals surface area contributed by atoms with Crippen LogP contribution in [0.3, 0.4) is 0 Å². The summed E-state index contributed by atoms with van der Waals surface area (Å²) in [6.45, 7) is 2.48. The first kappa shape index (κ1) is 12.5. The third-order valence-electron chi connectivity index (χ3n) is 3.13. The zero-order chi connectivity index (χ0) is 11.8. The second-order valence-electron chi connectivity index (χ2n) is 4.51. The molecule has 94 valence electrons. The van der Waals surface area contributed by atoms with Crippen molar-refractivity contribution in [2.75, 3.05) is 13.2 Å². The second kappa shape index (κ2) is 7.35. The summed E-state index contributed by atoms with van der Waals surface area (Å²) in [5.74, 6) is 0. The van der Waals surface area contributed by atoms with Crippen molar-refractivity contribution in [3.63, 3.8) is 0 Å². The molecule has 0 aliphatic heterocycles. The summed E-state index contributed by atoms with van der Waals surface area (Å²) in [5.41, 5.74) is 1.03. The van der Waals surface area contributed by atoms with Crippen molar-refractivity contribution >= 4 is 0 Å². The molecule has 1 aliphatic carbocycles. The van der Waals surface area contributed by atoms with Crippen LogP contribution in [0.15, 0.2) is 18.6 Å². The molecule has 17 heavy (non-hydrogen) atoms. The van der Waals surface area contributed by atoms with Crippen LogP contribution in [0.25, 0.3) is 0 Å². The normalized spacial score (nSPS) is 17.2. The van der Waals surface area contributed by atoms with E-state index in [1.165, 1.54) is 32.1 Å². The van der Waals surface area contributed by atoms with E-state index in [1.807, 2.05) is 6.07 Å². The van der Waals surface area contributed by atoms with Gasteiger partial charge >= 0.3 is 0 Å². The van der Waals surface area contributed by atoms with Gasteiger partial charge < -0.3 is 10.1 Å². The highest BCUT2D eigenvalue weighted by Crippen LogP contribution is 2.19. The SMILES string of the molecule is c1cc(CNCCOC2CCCCC2)ncn1. The molecule has 0 aromatic carbocycles. The minimum Gasteiger partial charge on any atom is -0.377 e. The van der Waals surface area contributed by atoms with Crippen LogP contribution in [0, 0.1) is 0 Å². The second-order valence-corrected chi connectivity index (χ2v) is 4.51. The molecule has 0 bridgehead atoms. The van der Waals surface area contributed by atoms with E-state index in [-0.39, 0.29) is 0 Å².